The van der Waals surface area contributed by atoms with Gasteiger partial charge in [0, 0.05) is 0 Å². The summed E-state index contributed by atoms with van der Waals surface area (Å²) < 4.78 is 0. The molecule has 0 aromatic rings. The molecule has 0 amide bonds. The minimum atomic E-state index is -4.61. The Morgan fingerprint density at radius 2 is 0.889 bits per heavy atom. The van der Waals surface area contributed by atoms with Gasteiger partial charge in [-0.25, -0.2) is 0 Å². The fourth-order valence-electron chi connectivity index (χ4n) is 0. The van der Waals surface area contributed by atoms with Crippen LogP contribution in [0.2, 0.25) is 0 Å². The zero-order valence-corrected chi connectivity index (χ0v) is 3.29. The maximum absolute atomic E-state index is 7.33. The van der Waals surface area contributed by atoms with Crippen molar-refractivity contribution in [3.63, 3.8) is 0 Å². The van der Waals surface area contributed by atoms with Crippen LogP contribution in [0.15, 0.2) is 0 Å². The molecule has 4 nitrogen and oxygen atoms in total. The van der Waals surface area contributed by atoms with E-state index in [0.717, 1.165) is 0 Å². The fourth-order valence-corrected chi connectivity index (χ4v) is 0. The average molecular weight is 222 g/mol. The molecular formula is H13AlKNaO4Si2. The van der Waals surface area contributed by atoms with E-state index in [9.17, 15) is 0 Å². The molecule has 0 saturated carbocycles. The SMILES string of the molecule is O[Si](O)(O)O.[AlH3].[KH].[NaH].[SiH4]. The maximum Gasteiger partial charge on any atom is -0.0149 e. The van der Waals surface area contributed by atoms with Crippen LogP contribution in [-0.2, 0) is 0 Å². The molecule has 0 aromatic heterocycles. The van der Waals surface area contributed by atoms with Crippen molar-refractivity contribution in [3.8, 4) is 0 Å². The predicted octanol–water partition coefficient (Wildman–Crippen LogP) is -6.54. The van der Waals surface area contributed by atoms with Gasteiger partial charge >= 0.3 is 90.0 Å². The van der Waals surface area contributed by atoms with E-state index in [1.807, 2.05) is 0 Å². The van der Waals surface area contributed by atoms with E-state index in [4.69, 9.17) is 19.2 Å². The molecule has 4 N–H and O–H groups in total. The first-order valence-electron chi connectivity index (χ1n) is 0.894. The van der Waals surface area contributed by atoms with Gasteiger partial charge in [-0.1, -0.05) is 0 Å². The molecular weight excluding hydrogens is 209 g/mol. The Balaban J connectivity index is -0.0000000133. The molecule has 0 fully saturated rings. The first-order valence-corrected chi connectivity index (χ1v) is 2.68. The van der Waals surface area contributed by atoms with E-state index < -0.39 is 9.05 Å². The Hall–Kier alpha value is 3.44. The van der Waals surface area contributed by atoms with Crippen LogP contribution in [-0.4, -0.2) is 137 Å². The Morgan fingerprint density at radius 3 is 0.889 bits per heavy atom. The molecule has 50 valence electrons. The Kier molecular flexibility index (Phi) is 45.7. The van der Waals surface area contributed by atoms with E-state index in [2.05, 4.69) is 0 Å². The van der Waals surface area contributed by atoms with E-state index >= 15 is 0 Å². The van der Waals surface area contributed by atoms with Gasteiger partial charge < -0.3 is 19.2 Å². The number of rotatable bonds is 0. The van der Waals surface area contributed by atoms with E-state index in [0.29, 0.717) is 0 Å². The summed E-state index contributed by atoms with van der Waals surface area (Å²) in [6.45, 7) is 0. The minimum absolute atomic E-state index is 0. The predicted molar refractivity (Wildman–Crippen MR) is 50.2 cm³/mol. The van der Waals surface area contributed by atoms with Gasteiger partial charge in [-0.2, -0.15) is 0 Å². The second kappa shape index (κ2) is 14.0. The molecule has 0 radical (unpaired) electrons. The summed E-state index contributed by atoms with van der Waals surface area (Å²) in [5.74, 6) is 0. The van der Waals surface area contributed by atoms with Crippen LogP contribution in [0, 0.1) is 0 Å². The summed E-state index contributed by atoms with van der Waals surface area (Å²) in [5, 5.41) is 0. The van der Waals surface area contributed by atoms with E-state index in [-0.39, 0.29) is 109 Å². The van der Waals surface area contributed by atoms with Crippen molar-refractivity contribution in [2.45, 2.75) is 0 Å². The quantitative estimate of drug-likeness (QED) is 0.307. The molecule has 0 aliphatic heterocycles. The molecule has 0 rings (SSSR count). The molecule has 0 atom stereocenters. The molecule has 0 aliphatic carbocycles. The van der Waals surface area contributed by atoms with Gasteiger partial charge in [0.1, 0.15) is 0 Å². The first-order chi connectivity index (χ1) is 2.00. The standard InChI is InChI=1S/Al.K.Na.H4O4Si.H4Si.5H/c;;;1-5(2,3)4;;;;;;/h;;;1-4H;1H4;;;;;. The van der Waals surface area contributed by atoms with Gasteiger partial charge in [-0.3, -0.25) is 0 Å². The fraction of sp³-hybridized carbons (Fsp3) is 0. The Labute approximate surface area is 134 Å². The smallest absolute Gasteiger partial charge is 0.0149 e. The normalized spacial score (nSPS) is 6.67. The maximum atomic E-state index is 7.33. The van der Waals surface area contributed by atoms with Gasteiger partial charge in [0.25, 0.3) is 0 Å². The summed E-state index contributed by atoms with van der Waals surface area (Å²) in [7, 11) is -4.61. The molecule has 0 aromatic carbocycles. The number of hydrogen-bond donors (Lipinski definition) is 4. The summed E-state index contributed by atoms with van der Waals surface area (Å²) in [5.41, 5.74) is 0. The molecule has 0 aliphatic rings. The van der Waals surface area contributed by atoms with Crippen LogP contribution < -0.4 is 0 Å². The van der Waals surface area contributed by atoms with Crippen LogP contribution in [0.3, 0.4) is 0 Å². The van der Waals surface area contributed by atoms with Crippen molar-refractivity contribution in [1.82, 2.24) is 0 Å². The third-order valence-electron chi connectivity index (χ3n) is 0. The number of hydrogen-bond acceptors (Lipinski definition) is 4. The summed E-state index contributed by atoms with van der Waals surface area (Å²) in [4.78, 5) is 29.3. The molecule has 0 bridgehead atoms. The minimum Gasteiger partial charge on any atom is -0.0149 e. The van der Waals surface area contributed by atoms with Gasteiger partial charge in [-0.15, -0.1) is 0 Å². The zero-order chi connectivity index (χ0) is 4.50. The topological polar surface area (TPSA) is 80.9 Å². The van der Waals surface area contributed by atoms with Crippen molar-refractivity contribution in [1.29, 1.82) is 0 Å². The second-order valence-corrected chi connectivity index (χ2v) is 1.80. The van der Waals surface area contributed by atoms with Crippen LogP contribution in [0.5, 0.6) is 0 Å². The Bertz CT molecular complexity index is 34.0. The molecule has 0 unspecified atom stereocenters. The van der Waals surface area contributed by atoms with Crippen LogP contribution in [0.25, 0.3) is 0 Å². The molecule has 0 spiro atoms. The largest absolute Gasteiger partial charge is 0.0149 e. The van der Waals surface area contributed by atoms with E-state index in [1.165, 1.54) is 0 Å². The molecule has 0 heterocycles. The zero-order valence-electron chi connectivity index (χ0n) is 2.29. The average Bonchev–Trinajstić information content (AvgIpc) is 0.722. The summed E-state index contributed by atoms with van der Waals surface area (Å²) in [6, 6.07) is 0. The van der Waals surface area contributed by atoms with Crippen LogP contribution in [0.1, 0.15) is 0 Å². The van der Waals surface area contributed by atoms with Gasteiger partial charge in [0.2, 0.25) is 0 Å². The molecule has 9 heavy (non-hydrogen) atoms. The van der Waals surface area contributed by atoms with Crippen molar-refractivity contribution >= 4 is 118 Å². The van der Waals surface area contributed by atoms with Crippen molar-refractivity contribution in [2.75, 3.05) is 0 Å². The van der Waals surface area contributed by atoms with Crippen LogP contribution in [0.4, 0.5) is 0 Å². The van der Waals surface area contributed by atoms with Crippen molar-refractivity contribution in [3.05, 3.63) is 0 Å². The summed E-state index contributed by atoms with van der Waals surface area (Å²) in [6.07, 6.45) is 0. The Morgan fingerprint density at radius 1 is 0.889 bits per heavy atom. The molecule has 9 heteroatoms. The first kappa shape index (κ1) is 29.4. The van der Waals surface area contributed by atoms with Gasteiger partial charge in [-0.05, 0) is 11.0 Å². The molecule has 0 saturated heterocycles. The monoisotopic (exact) mass is 222 g/mol. The summed E-state index contributed by atoms with van der Waals surface area (Å²) >= 11 is 0. The third-order valence-corrected chi connectivity index (χ3v) is 0. The van der Waals surface area contributed by atoms with Gasteiger partial charge in [0.15, 0.2) is 17.4 Å². The van der Waals surface area contributed by atoms with Crippen molar-refractivity contribution < 1.29 is 19.2 Å². The van der Waals surface area contributed by atoms with Gasteiger partial charge in [0.05, 0.1) is 0 Å². The second-order valence-electron chi connectivity index (χ2n) is 0.600. The van der Waals surface area contributed by atoms with Crippen molar-refractivity contribution in [2.24, 2.45) is 0 Å². The van der Waals surface area contributed by atoms with E-state index in [1.54, 1.807) is 0 Å². The third kappa shape index (κ3) is 86.1. The van der Waals surface area contributed by atoms with Crippen LogP contribution >= 0.6 is 0 Å².